The number of hydrogen-bond donors (Lipinski definition) is 2. The first-order valence-electron chi connectivity index (χ1n) is 4.59. The van der Waals surface area contributed by atoms with E-state index in [4.69, 9.17) is 11.5 Å². The molecule has 0 bridgehead atoms. The standard InChI is InChI=1S/C9H10N2O4S2/c1-2-3-4-5-11-17(14,15)9-7(8(12)13)10-6-16-9/h1,6,11H,3-5H2,(H,12,13). The van der Waals surface area contributed by atoms with Crippen LogP contribution in [0.25, 0.3) is 0 Å². The smallest absolute Gasteiger partial charge is 0.356 e. The van der Waals surface area contributed by atoms with Crippen molar-refractivity contribution in [3.8, 4) is 12.3 Å². The number of nitrogens with zero attached hydrogens (tertiary/aromatic N) is 1. The molecule has 0 saturated carbocycles. The summed E-state index contributed by atoms with van der Waals surface area (Å²) in [5, 5.41) is 8.75. The van der Waals surface area contributed by atoms with Crippen molar-refractivity contribution in [1.29, 1.82) is 0 Å². The van der Waals surface area contributed by atoms with Crippen molar-refractivity contribution in [1.82, 2.24) is 9.71 Å². The molecule has 0 atom stereocenters. The van der Waals surface area contributed by atoms with Crippen molar-refractivity contribution in [2.24, 2.45) is 0 Å². The first-order chi connectivity index (χ1) is 7.99. The highest BCUT2D eigenvalue weighted by Crippen LogP contribution is 2.19. The van der Waals surface area contributed by atoms with Crippen molar-refractivity contribution in [3.05, 3.63) is 11.2 Å². The van der Waals surface area contributed by atoms with Gasteiger partial charge in [0.2, 0.25) is 0 Å². The number of nitrogens with one attached hydrogen (secondary N) is 1. The van der Waals surface area contributed by atoms with E-state index in [2.05, 4.69) is 15.6 Å². The summed E-state index contributed by atoms with van der Waals surface area (Å²) < 4.78 is 25.4. The number of unbranched alkanes of at least 4 members (excludes halogenated alkanes) is 1. The van der Waals surface area contributed by atoms with E-state index in [1.807, 2.05) is 0 Å². The molecule has 1 rings (SSSR count). The summed E-state index contributed by atoms with van der Waals surface area (Å²) in [4.78, 5) is 14.2. The summed E-state index contributed by atoms with van der Waals surface area (Å²) in [5.41, 5.74) is 0.721. The topological polar surface area (TPSA) is 96.4 Å². The predicted molar refractivity (Wildman–Crippen MR) is 62.3 cm³/mol. The number of carboxylic acid groups (broad SMARTS) is 1. The van der Waals surface area contributed by atoms with Gasteiger partial charge in [0.1, 0.15) is 0 Å². The van der Waals surface area contributed by atoms with Crippen LogP contribution in [0.15, 0.2) is 9.72 Å². The van der Waals surface area contributed by atoms with Gasteiger partial charge in [0.25, 0.3) is 10.0 Å². The Balaban J connectivity index is 2.80. The van der Waals surface area contributed by atoms with Crippen LogP contribution in [0, 0.1) is 12.3 Å². The van der Waals surface area contributed by atoms with E-state index in [1.165, 1.54) is 5.51 Å². The van der Waals surface area contributed by atoms with Crippen molar-refractivity contribution in [2.45, 2.75) is 17.1 Å². The summed E-state index contributed by atoms with van der Waals surface area (Å²) in [6.07, 6.45) is 5.98. The maximum absolute atomic E-state index is 11.7. The van der Waals surface area contributed by atoms with E-state index in [0.717, 1.165) is 11.3 Å². The first kappa shape index (κ1) is 13.6. The number of sulfonamides is 1. The van der Waals surface area contributed by atoms with E-state index < -0.39 is 21.7 Å². The first-order valence-corrected chi connectivity index (χ1v) is 6.95. The van der Waals surface area contributed by atoms with Crippen LogP contribution in [0.4, 0.5) is 0 Å². The highest BCUT2D eigenvalue weighted by atomic mass is 32.2. The van der Waals surface area contributed by atoms with Crippen LogP contribution in [0.3, 0.4) is 0 Å². The molecule has 0 aliphatic carbocycles. The molecule has 1 aromatic heterocycles. The average Bonchev–Trinajstić information content (AvgIpc) is 2.74. The van der Waals surface area contributed by atoms with Crippen LogP contribution in [-0.2, 0) is 10.0 Å². The number of aromatic carboxylic acids is 1. The lowest BCUT2D eigenvalue weighted by atomic mass is 10.3. The fourth-order valence-electron chi connectivity index (χ4n) is 1.03. The van der Waals surface area contributed by atoms with Crippen LogP contribution in [0.5, 0.6) is 0 Å². The Labute approximate surface area is 103 Å². The molecule has 1 heterocycles. The van der Waals surface area contributed by atoms with Crippen molar-refractivity contribution in [3.63, 3.8) is 0 Å². The van der Waals surface area contributed by atoms with Gasteiger partial charge in [0.15, 0.2) is 9.90 Å². The van der Waals surface area contributed by atoms with Crippen molar-refractivity contribution in [2.75, 3.05) is 6.54 Å². The number of carboxylic acids is 1. The maximum atomic E-state index is 11.7. The van der Waals surface area contributed by atoms with E-state index in [9.17, 15) is 13.2 Å². The highest BCUT2D eigenvalue weighted by Gasteiger charge is 2.24. The second kappa shape index (κ2) is 5.77. The molecule has 0 aliphatic rings. The third kappa shape index (κ3) is 3.52. The highest BCUT2D eigenvalue weighted by molar-refractivity contribution is 7.91. The Hall–Kier alpha value is -1.43. The quantitative estimate of drug-likeness (QED) is 0.583. The summed E-state index contributed by atoms with van der Waals surface area (Å²) in [6, 6.07) is 0. The number of carbonyl (C=O) groups is 1. The molecule has 0 aliphatic heterocycles. The lowest BCUT2D eigenvalue weighted by Crippen LogP contribution is -2.25. The summed E-state index contributed by atoms with van der Waals surface area (Å²) >= 11 is 0.766. The summed E-state index contributed by atoms with van der Waals surface area (Å²) in [7, 11) is -3.82. The Morgan fingerprint density at radius 3 is 2.94 bits per heavy atom. The van der Waals surface area contributed by atoms with Crippen molar-refractivity contribution >= 4 is 27.3 Å². The molecule has 17 heavy (non-hydrogen) atoms. The molecule has 8 heteroatoms. The molecule has 0 saturated heterocycles. The number of rotatable bonds is 6. The lowest BCUT2D eigenvalue weighted by Gasteiger charge is -2.03. The fraction of sp³-hybridized carbons (Fsp3) is 0.333. The van der Waals surface area contributed by atoms with Gasteiger partial charge in [-0.3, -0.25) is 0 Å². The monoisotopic (exact) mass is 274 g/mol. The molecule has 0 aromatic carbocycles. The summed E-state index contributed by atoms with van der Waals surface area (Å²) in [5.74, 6) is 1.01. The molecule has 0 unspecified atom stereocenters. The van der Waals surface area contributed by atoms with Crippen molar-refractivity contribution < 1.29 is 18.3 Å². The predicted octanol–water partition coefficient (Wildman–Crippen LogP) is 0.533. The summed E-state index contributed by atoms with van der Waals surface area (Å²) in [6.45, 7) is 0.170. The van der Waals surface area contributed by atoms with Gasteiger partial charge >= 0.3 is 5.97 Å². The number of hydrogen-bond acceptors (Lipinski definition) is 5. The number of thiazole rings is 1. The fourth-order valence-corrected chi connectivity index (χ4v) is 3.29. The minimum absolute atomic E-state index is 0.170. The van der Waals surface area contributed by atoms with Gasteiger partial charge in [-0.2, -0.15) is 0 Å². The molecule has 0 amide bonds. The third-order valence-electron chi connectivity index (χ3n) is 1.77. The van der Waals surface area contributed by atoms with Crippen LogP contribution < -0.4 is 4.72 Å². The zero-order chi connectivity index (χ0) is 12.9. The molecular formula is C9H10N2O4S2. The Kier molecular flexibility index (Phi) is 4.62. The van der Waals surface area contributed by atoms with Crippen LogP contribution in [0.1, 0.15) is 23.3 Å². The number of aromatic nitrogens is 1. The lowest BCUT2D eigenvalue weighted by molar-refractivity contribution is 0.0687. The Morgan fingerprint density at radius 2 is 2.35 bits per heavy atom. The van der Waals surface area contributed by atoms with E-state index >= 15 is 0 Å². The van der Waals surface area contributed by atoms with Gasteiger partial charge in [0.05, 0.1) is 5.51 Å². The molecular weight excluding hydrogens is 264 g/mol. The van der Waals surface area contributed by atoms with Crippen LogP contribution in [-0.4, -0.2) is 31.0 Å². The molecule has 6 nitrogen and oxygen atoms in total. The molecule has 0 radical (unpaired) electrons. The van der Waals surface area contributed by atoms with Gasteiger partial charge in [-0.05, 0) is 6.42 Å². The zero-order valence-electron chi connectivity index (χ0n) is 8.71. The Bertz CT molecular complexity index is 542. The maximum Gasteiger partial charge on any atom is 0.356 e. The van der Waals surface area contributed by atoms with Gasteiger partial charge < -0.3 is 5.11 Å². The number of terminal acetylenes is 1. The van der Waals surface area contributed by atoms with Gasteiger partial charge in [-0.15, -0.1) is 23.7 Å². The van der Waals surface area contributed by atoms with Gasteiger partial charge in [-0.1, -0.05) is 0 Å². The third-order valence-corrected chi connectivity index (χ3v) is 4.60. The van der Waals surface area contributed by atoms with E-state index in [0.29, 0.717) is 12.8 Å². The molecule has 1 aromatic rings. The molecule has 0 fully saturated rings. The average molecular weight is 274 g/mol. The van der Waals surface area contributed by atoms with Crippen LogP contribution >= 0.6 is 11.3 Å². The Morgan fingerprint density at radius 1 is 1.65 bits per heavy atom. The molecule has 0 spiro atoms. The normalized spacial score (nSPS) is 11.0. The van der Waals surface area contributed by atoms with E-state index in [-0.39, 0.29) is 10.8 Å². The van der Waals surface area contributed by atoms with Crippen LogP contribution in [0.2, 0.25) is 0 Å². The largest absolute Gasteiger partial charge is 0.476 e. The zero-order valence-corrected chi connectivity index (χ0v) is 10.3. The second-order valence-electron chi connectivity index (χ2n) is 3.00. The van der Waals surface area contributed by atoms with E-state index in [1.54, 1.807) is 0 Å². The van der Waals surface area contributed by atoms with Gasteiger partial charge in [-0.25, -0.2) is 22.9 Å². The minimum Gasteiger partial charge on any atom is -0.476 e. The van der Waals surface area contributed by atoms with Gasteiger partial charge in [0, 0.05) is 13.0 Å². The minimum atomic E-state index is -3.82. The SMILES string of the molecule is C#CCCCNS(=O)(=O)c1scnc1C(=O)O. The molecule has 2 N–H and O–H groups in total. The molecule has 92 valence electrons. The second-order valence-corrected chi connectivity index (χ2v) is 5.82.